The second kappa shape index (κ2) is 16.8. The van der Waals surface area contributed by atoms with Gasteiger partial charge in [-0.1, -0.05) is 27.7 Å². The van der Waals surface area contributed by atoms with Gasteiger partial charge in [-0.05, 0) is 11.8 Å². The van der Waals surface area contributed by atoms with Gasteiger partial charge >= 0.3 is 0 Å². The third-order valence-corrected chi connectivity index (χ3v) is 1.21. The van der Waals surface area contributed by atoms with Crippen LogP contribution in [0.15, 0.2) is 0 Å². The first kappa shape index (κ1) is 23.0. The molecule has 0 aliphatic carbocycles. The summed E-state index contributed by atoms with van der Waals surface area (Å²) in [6.45, 7) is 9.36. The predicted molar refractivity (Wildman–Crippen MR) is 73.1 cm³/mol. The Morgan fingerprint density at radius 2 is 1.11 bits per heavy atom. The molecular formula is C12H28N2O5. The maximum absolute atomic E-state index is 9.34. The minimum atomic E-state index is -0.690. The van der Waals surface area contributed by atoms with Crippen molar-refractivity contribution in [3.05, 3.63) is 0 Å². The van der Waals surface area contributed by atoms with Crippen molar-refractivity contribution in [2.75, 3.05) is 26.4 Å². The lowest BCUT2D eigenvalue weighted by Gasteiger charge is -2.07. The molecule has 7 heteroatoms. The zero-order valence-corrected chi connectivity index (χ0v) is 12.3. The van der Waals surface area contributed by atoms with Gasteiger partial charge in [-0.15, -0.1) is 0 Å². The Bertz CT molecular complexity index is 198. The first-order valence-electron chi connectivity index (χ1n) is 6.03. The molecule has 0 heterocycles. The number of amides is 2. The lowest BCUT2D eigenvalue weighted by atomic mass is 10.2. The fourth-order valence-electron chi connectivity index (χ4n) is 0.539. The molecule has 0 saturated carbocycles. The fraction of sp³-hybridized carbons (Fsp3) is 0.833. The fourth-order valence-corrected chi connectivity index (χ4v) is 0.539. The van der Waals surface area contributed by atoms with E-state index >= 15 is 0 Å². The van der Waals surface area contributed by atoms with Crippen molar-refractivity contribution in [2.24, 2.45) is 23.3 Å². The molecule has 116 valence electrons. The average Bonchev–Trinajstić information content (AvgIpc) is 2.29. The van der Waals surface area contributed by atoms with Crippen LogP contribution >= 0.6 is 0 Å². The number of aliphatic hydroxyl groups excluding tert-OH is 2. The third kappa shape index (κ3) is 47.5. The van der Waals surface area contributed by atoms with Crippen molar-refractivity contribution in [1.29, 1.82) is 0 Å². The Labute approximate surface area is 114 Å². The number of rotatable bonds is 6. The van der Waals surface area contributed by atoms with Gasteiger partial charge in [0.05, 0.1) is 0 Å². The third-order valence-electron chi connectivity index (χ3n) is 1.21. The number of aliphatic hydroxyl groups is 2. The molecule has 0 unspecified atom stereocenters. The van der Waals surface area contributed by atoms with Gasteiger partial charge in [0.15, 0.2) is 0 Å². The van der Waals surface area contributed by atoms with E-state index in [1.165, 1.54) is 0 Å². The summed E-state index contributed by atoms with van der Waals surface area (Å²) in [6, 6.07) is 0. The van der Waals surface area contributed by atoms with Crippen molar-refractivity contribution < 1.29 is 24.5 Å². The van der Waals surface area contributed by atoms with Crippen molar-refractivity contribution in [3.63, 3.8) is 0 Å². The predicted octanol–water partition coefficient (Wildman–Crippen LogP) is -0.757. The topological polar surface area (TPSA) is 136 Å². The van der Waals surface area contributed by atoms with E-state index in [-0.39, 0.29) is 0 Å². The van der Waals surface area contributed by atoms with Gasteiger partial charge in [0.25, 0.3) is 0 Å². The zero-order chi connectivity index (χ0) is 15.8. The molecule has 0 fully saturated rings. The summed E-state index contributed by atoms with van der Waals surface area (Å²) in [7, 11) is 0. The molecule has 6 N–H and O–H groups in total. The van der Waals surface area contributed by atoms with Crippen LogP contribution in [0.3, 0.4) is 0 Å². The number of hydrogen-bond acceptors (Lipinski definition) is 5. The Morgan fingerprint density at radius 1 is 0.895 bits per heavy atom. The molecule has 7 nitrogen and oxygen atoms in total. The summed E-state index contributed by atoms with van der Waals surface area (Å²) in [6.07, 6.45) is 0. The molecule has 0 radical (unpaired) electrons. The smallest absolute Gasteiger partial charge is 0.243 e. The summed E-state index contributed by atoms with van der Waals surface area (Å²) in [5, 5.41) is 15.3. The molecule has 2 amide bonds. The molecule has 0 rings (SSSR count). The molecular weight excluding hydrogens is 252 g/mol. The highest BCUT2D eigenvalue weighted by atomic mass is 16.5. The van der Waals surface area contributed by atoms with Crippen LogP contribution in [-0.4, -0.2) is 48.5 Å². The highest BCUT2D eigenvalue weighted by molar-refractivity contribution is 5.74. The van der Waals surface area contributed by atoms with Crippen LogP contribution in [0.1, 0.15) is 27.7 Å². The number of carbonyl (C=O) groups is 2. The monoisotopic (exact) mass is 280 g/mol. The molecule has 19 heavy (non-hydrogen) atoms. The lowest BCUT2D eigenvalue weighted by Crippen LogP contribution is -2.14. The molecule has 0 aromatic carbocycles. The van der Waals surface area contributed by atoms with E-state index < -0.39 is 25.0 Å². The van der Waals surface area contributed by atoms with Gasteiger partial charge in [0.2, 0.25) is 11.8 Å². The average molecular weight is 280 g/mol. The van der Waals surface area contributed by atoms with Crippen LogP contribution in [0.5, 0.6) is 0 Å². The van der Waals surface area contributed by atoms with E-state index in [1.54, 1.807) is 0 Å². The second-order valence-corrected chi connectivity index (χ2v) is 4.57. The van der Waals surface area contributed by atoms with E-state index in [9.17, 15) is 9.59 Å². The maximum atomic E-state index is 9.34. The van der Waals surface area contributed by atoms with E-state index in [1.807, 2.05) is 0 Å². The number of ether oxygens (including phenoxy) is 1. The highest BCUT2D eigenvalue weighted by Gasteiger charge is 1.95. The Kier molecular flexibility index (Phi) is 20.3. The van der Waals surface area contributed by atoms with Crippen LogP contribution in [0.4, 0.5) is 0 Å². The normalized spacial score (nSPS) is 9.26. The number of primary amides is 2. The number of hydrogen-bond donors (Lipinski definition) is 4. The molecule has 0 aromatic heterocycles. The van der Waals surface area contributed by atoms with Gasteiger partial charge in [-0.3, -0.25) is 9.59 Å². The SMILES string of the molecule is CC(C)COCC(C)C.NC(=O)CO.NC(=O)CO. The minimum Gasteiger partial charge on any atom is -0.387 e. The quantitative estimate of drug-likeness (QED) is 0.507. The van der Waals surface area contributed by atoms with Gasteiger partial charge in [0.1, 0.15) is 13.2 Å². The maximum Gasteiger partial charge on any atom is 0.243 e. The number of nitrogens with two attached hydrogens (primary N) is 2. The van der Waals surface area contributed by atoms with E-state index in [2.05, 4.69) is 39.2 Å². The Morgan fingerprint density at radius 3 is 1.21 bits per heavy atom. The standard InChI is InChI=1S/C8H18O.2C2H5NO2/c1-7(2)5-9-6-8(3)4;2*3-2(5)1-4/h7-8H,5-6H2,1-4H3;2*4H,1H2,(H2,3,5). The van der Waals surface area contributed by atoms with Crippen LogP contribution < -0.4 is 11.5 Å². The summed E-state index contributed by atoms with van der Waals surface area (Å²) >= 11 is 0. The molecule has 0 aliphatic heterocycles. The zero-order valence-electron chi connectivity index (χ0n) is 12.3. The van der Waals surface area contributed by atoms with E-state index in [0.29, 0.717) is 11.8 Å². The molecule has 0 saturated heterocycles. The van der Waals surface area contributed by atoms with Gasteiger partial charge < -0.3 is 26.4 Å². The first-order valence-corrected chi connectivity index (χ1v) is 6.03. The summed E-state index contributed by atoms with van der Waals surface area (Å²) < 4.78 is 5.36. The Balaban J connectivity index is -0.000000219. The van der Waals surface area contributed by atoms with Crippen molar-refractivity contribution in [3.8, 4) is 0 Å². The van der Waals surface area contributed by atoms with Gasteiger partial charge in [-0.25, -0.2) is 0 Å². The van der Waals surface area contributed by atoms with Gasteiger partial charge in [0, 0.05) is 13.2 Å². The molecule has 0 bridgehead atoms. The second-order valence-electron chi connectivity index (χ2n) is 4.57. The van der Waals surface area contributed by atoms with Gasteiger partial charge in [-0.2, -0.15) is 0 Å². The molecule has 0 aromatic rings. The van der Waals surface area contributed by atoms with Crippen LogP contribution in [0.25, 0.3) is 0 Å². The first-order chi connectivity index (χ1) is 8.67. The van der Waals surface area contributed by atoms with E-state index in [4.69, 9.17) is 14.9 Å². The summed E-state index contributed by atoms with van der Waals surface area (Å²) in [5.41, 5.74) is 8.81. The van der Waals surface area contributed by atoms with Crippen molar-refractivity contribution in [1.82, 2.24) is 0 Å². The van der Waals surface area contributed by atoms with Crippen LogP contribution in [0.2, 0.25) is 0 Å². The summed E-state index contributed by atoms with van der Waals surface area (Å²) in [4.78, 5) is 18.7. The molecule has 0 atom stereocenters. The molecule has 0 aliphatic rings. The largest absolute Gasteiger partial charge is 0.387 e. The Hall–Kier alpha value is -1.18. The van der Waals surface area contributed by atoms with Crippen LogP contribution in [-0.2, 0) is 14.3 Å². The number of carbonyl (C=O) groups excluding carboxylic acids is 2. The minimum absolute atomic E-state index is 0.556. The molecule has 0 spiro atoms. The van der Waals surface area contributed by atoms with Crippen molar-refractivity contribution >= 4 is 11.8 Å². The lowest BCUT2D eigenvalue weighted by molar-refractivity contribution is -0.121. The summed E-state index contributed by atoms with van der Waals surface area (Å²) in [5.74, 6) is -0.0394. The van der Waals surface area contributed by atoms with Crippen molar-refractivity contribution in [2.45, 2.75) is 27.7 Å². The van der Waals surface area contributed by atoms with E-state index in [0.717, 1.165) is 13.2 Å². The highest BCUT2D eigenvalue weighted by Crippen LogP contribution is 1.96. The van der Waals surface area contributed by atoms with Crippen LogP contribution in [0, 0.1) is 11.8 Å².